The summed E-state index contributed by atoms with van der Waals surface area (Å²) in [5, 5.41) is 0. The van der Waals surface area contributed by atoms with Crippen LogP contribution in [0.15, 0.2) is 42.7 Å². The average Bonchev–Trinajstić information content (AvgIpc) is 2.74. The van der Waals surface area contributed by atoms with Crippen molar-refractivity contribution in [3.63, 3.8) is 0 Å². The van der Waals surface area contributed by atoms with Gasteiger partial charge in [0.2, 0.25) is 0 Å². The zero-order chi connectivity index (χ0) is 13.3. The number of aromatic nitrogens is 1. The fourth-order valence-corrected chi connectivity index (χ4v) is 1.97. The number of Topliss-reactive ketones (excluding diaryl/α,β-unsaturated/α-hetero) is 1. The topological polar surface area (TPSA) is 22.0 Å². The van der Waals surface area contributed by atoms with Crippen LogP contribution >= 0.6 is 0 Å². The lowest BCUT2D eigenvalue weighted by Gasteiger charge is -2.20. The highest BCUT2D eigenvalue weighted by molar-refractivity contribution is 6.00. The summed E-state index contributed by atoms with van der Waals surface area (Å²) in [6.07, 6.45) is 4.01. The summed E-state index contributed by atoms with van der Waals surface area (Å²) in [6, 6.07) is 10.0. The maximum absolute atomic E-state index is 11.8. The highest BCUT2D eigenvalue weighted by atomic mass is 16.1. The van der Waals surface area contributed by atoms with Crippen LogP contribution < -0.4 is 0 Å². The second kappa shape index (κ2) is 4.45. The van der Waals surface area contributed by atoms with Crippen molar-refractivity contribution in [2.45, 2.75) is 33.2 Å². The predicted molar refractivity (Wildman–Crippen MR) is 74.9 cm³/mol. The van der Waals surface area contributed by atoms with Crippen molar-refractivity contribution in [3.05, 3.63) is 48.3 Å². The third kappa shape index (κ3) is 2.37. The molecule has 2 rings (SSSR count). The molecule has 2 heteroatoms. The molecule has 0 fully saturated rings. The van der Waals surface area contributed by atoms with E-state index in [1.165, 1.54) is 0 Å². The Hall–Kier alpha value is -1.83. The Morgan fingerprint density at radius 2 is 1.67 bits per heavy atom. The number of ketones is 1. The third-order valence-corrected chi connectivity index (χ3v) is 3.07. The number of rotatable bonds is 2. The Balaban J connectivity index is 2.60. The van der Waals surface area contributed by atoms with Gasteiger partial charge in [-0.3, -0.25) is 4.79 Å². The van der Waals surface area contributed by atoms with Gasteiger partial charge in [0.15, 0.2) is 5.78 Å². The minimum absolute atomic E-state index is 0.0166. The molecule has 2 nitrogen and oxygen atoms in total. The van der Waals surface area contributed by atoms with Gasteiger partial charge in [-0.15, -0.1) is 0 Å². The van der Waals surface area contributed by atoms with E-state index < -0.39 is 0 Å². The fourth-order valence-electron chi connectivity index (χ4n) is 1.97. The van der Waals surface area contributed by atoms with Gasteiger partial charge in [-0.05, 0) is 33.3 Å². The van der Waals surface area contributed by atoms with Gasteiger partial charge in [-0.1, -0.05) is 30.3 Å². The molecule has 0 spiro atoms. The molecule has 1 aromatic heterocycles. The minimum atomic E-state index is -0.0166. The molecule has 0 N–H and O–H groups in total. The summed E-state index contributed by atoms with van der Waals surface area (Å²) in [7, 11) is 0. The second-order valence-electron chi connectivity index (χ2n) is 5.59. The number of hydrogen-bond donors (Lipinski definition) is 0. The highest BCUT2D eigenvalue weighted by Gasteiger charge is 2.18. The van der Waals surface area contributed by atoms with E-state index in [9.17, 15) is 4.79 Å². The van der Waals surface area contributed by atoms with Crippen LogP contribution in [0.25, 0.3) is 11.1 Å². The quantitative estimate of drug-likeness (QED) is 0.725. The van der Waals surface area contributed by atoms with Crippen LogP contribution in [-0.4, -0.2) is 10.4 Å². The molecule has 0 unspecified atom stereocenters. The molecule has 0 aliphatic rings. The molecular formula is C16H19NO. The van der Waals surface area contributed by atoms with Crippen molar-refractivity contribution < 1.29 is 4.79 Å². The molecule has 1 aromatic carbocycles. The molecule has 0 amide bonds. The summed E-state index contributed by atoms with van der Waals surface area (Å²) in [4.78, 5) is 11.8. The van der Waals surface area contributed by atoms with E-state index in [0.717, 1.165) is 16.7 Å². The number of carbonyl (C=O) groups is 1. The lowest BCUT2D eigenvalue weighted by atomic mass is 10.0. The first-order valence-electron chi connectivity index (χ1n) is 6.18. The lowest BCUT2D eigenvalue weighted by molar-refractivity contribution is 0.101. The van der Waals surface area contributed by atoms with Crippen LogP contribution in [0.3, 0.4) is 0 Å². The molecule has 0 aliphatic heterocycles. The SMILES string of the molecule is CC(=O)c1cn(C(C)(C)C)cc1-c1ccccc1. The molecule has 0 saturated carbocycles. The van der Waals surface area contributed by atoms with E-state index >= 15 is 0 Å². The zero-order valence-electron chi connectivity index (χ0n) is 11.4. The van der Waals surface area contributed by atoms with E-state index in [4.69, 9.17) is 0 Å². The Morgan fingerprint density at radius 3 is 2.17 bits per heavy atom. The van der Waals surface area contributed by atoms with Gasteiger partial charge < -0.3 is 4.57 Å². The summed E-state index contributed by atoms with van der Waals surface area (Å²) in [6.45, 7) is 8.01. The maximum atomic E-state index is 11.8. The van der Waals surface area contributed by atoms with Gasteiger partial charge in [0.05, 0.1) is 0 Å². The van der Waals surface area contributed by atoms with E-state index in [2.05, 4.69) is 31.5 Å². The summed E-state index contributed by atoms with van der Waals surface area (Å²) < 4.78 is 2.10. The van der Waals surface area contributed by atoms with Crippen LogP contribution in [0.5, 0.6) is 0 Å². The van der Waals surface area contributed by atoms with E-state index in [1.54, 1.807) is 6.92 Å². The molecule has 94 valence electrons. The number of carbonyl (C=O) groups excluding carboxylic acids is 1. The van der Waals surface area contributed by atoms with Gasteiger partial charge in [0.25, 0.3) is 0 Å². The lowest BCUT2D eigenvalue weighted by Crippen LogP contribution is -2.19. The van der Waals surface area contributed by atoms with Crippen molar-refractivity contribution >= 4 is 5.78 Å². The average molecular weight is 241 g/mol. The van der Waals surface area contributed by atoms with Gasteiger partial charge in [0, 0.05) is 29.1 Å². The van der Waals surface area contributed by atoms with E-state index in [0.29, 0.717) is 0 Å². The summed E-state index contributed by atoms with van der Waals surface area (Å²) in [5.74, 6) is 0.108. The molecule has 0 saturated heterocycles. The molecule has 2 aromatic rings. The number of nitrogens with zero attached hydrogens (tertiary/aromatic N) is 1. The van der Waals surface area contributed by atoms with Gasteiger partial charge in [-0.2, -0.15) is 0 Å². The minimum Gasteiger partial charge on any atom is -0.348 e. The summed E-state index contributed by atoms with van der Waals surface area (Å²) >= 11 is 0. The van der Waals surface area contributed by atoms with Crippen LogP contribution in [-0.2, 0) is 5.54 Å². The van der Waals surface area contributed by atoms with Crippen molar-refractivity contribution in [2.24, 2.45) is 0 Å². The smallest absolute Gasteiger partial charge is 0.161 e. The summed E-state index contributed by atoms with van der Waals surface area (Å²) in [5.41, 5.74) is 2.87. The van der Waals surface area contributed by atoms with Crippen LogP contribution in [0.4, 0.5) is 0 Å². The monoisotopic (exact) mass is 241 g/mol. The molecule has 1 heterocycles. The van der Waals surface area contributed by atoms with Crippen LogP contribution in [0, 0.1) is 0 Å². The van der Waals surface area contributed by atoms with Crippen molar-refractivity contribution in [2.75, 3.05) is 0 Å². The van der Waals surface area contributed by atoms with Crippen LogP contribution in [0.1, 0.15) is 38.1 Å². The predicted octanol–water partition coefficient (Wildman–Crippen LogP) is 4.11. The fraction of sp³-hybridized carbons (Fsp3) is 0.312. The Bertz CT molecular complexity index is 559. The third-order valence-electron chi connectivity index (χ3n) is 3.07. The van der Waals surface area contributed by atoms with Gasteiger partial charge in [-0.25, -0.2) is 0 Å². The van der Waals surface area contributed by atoms with Crippen molar-refractivity contribution in [1.82, 2.24) is 4.57 Å². The Labute approximate surface area is 108 Å². The molecule has 0 atom stereocenters. The standard InChI is InChI=1S/C16H19NO/c1-12(18)14-10-17(16(2,3)4)11-15(14)13-8-6-5-7-9-13/h5-11H,1-4H3. The maximum Gasteiger partial charge on any atom is 0.161 e. The Morgan fingerprint density at radius 1 is 1.06 bits per heavy atom. The second-order valence-corrected chi connectivity index (χ2v) is 5.59. The molecule has 0 aliphatic carbocycles. The Kier molecular flexibility index (Phi) is 3.12. The molecule has 0 radical (unpaired) electrons. The molecule has 0 bridgehead atoms. The first-order valence-corrected chi connectivity index (χ1v) is 6.18. The molecule has 18 heavy (non-hydrogen) atoms. The first kappa shape index (κ1) is 12.6. The highest BCUT2D eigenvalue weighted by Crippen LogP contribution is 2.28. The number of hydrogen-bond acceptors (Lipinski definition) is 1. The van der Waals surface area contributed by atoms with Crippen molar-refractivity contribution in [1.29, 1.82) is 0 Å². The molecular weight excluding hydrogens is 222 g/mol. The normalized spacial score (nSPS) is 11.6. The first-order chi connectivity index (χ1) is 8.39. The number of benzene rings is 1. The van der Waals surface area contributed by atoms with E-state index in [1.807, 2.05) is 36.5 Å². The van der Waals surface area contributed by atoms with Gasteiger partial charge >= 0.3 is 0 Å². The van der Waals surface area contributed by atoms with Gasteiger partial charge in [0.1, 0.15) is 0 Å². The largest absolute Gasteiger partial charge is 0.348 e. The zero-order valence-corrected chi connectivity index (χ0v) is 11.4. The van der Waals surface area contributed by atoms with E-state index in [-0.39, 0.29) is 11.3 Å². The van der Waals surface area contributed by atoms with Crippen molar-refractivity contribution in [3.8, 4) is 11.1 Å². The van der Waals surface area contributed by atoms with Crippen LogP contribution in [0.2, 0.25) is 0 Å².